The zero-order chi connectivity index (χ0) is 12.5. The molecule has 0 saturated carbocycles. The van der Waals surface area contributed by atoms with Crippen LogP contribution in [0.1, 0.15) is 36.8 Å². The van der Waals surface area contributed by atoms with Crippen LogP contribution in [0.4, 0.5) is 0 Å². The van der Waals surface area contributed by atoms with Gasteiger partial charge in [-0.2, -0.15) is 0 Å². The number of halogens is 1. The fourth-order valence-corrected chi connectivity index (χ4v) is 3.31. The van der Waals surface area contributed by atoms with Gasteiger partial charge in [0.2, 0.25) is 6.79 Å². The molecule has 0 spiro atoms. The summed E-state index contributed by atoms with van der Waals surface area (Å²) in [5, 5.41) is 4.15. The summed E-state index contributed by atoms with van der Waals surface area (Å²) >= 11 is 6.46. The number of piperidine rings is 1. The first-order valence-electron chi connectivity index (χ1n) is 6.62. The van der Waals surface area contributed by atoms with E-state index in [2.05, 4.69) is 18.3 Å². The van der Waals surface area contributed by atoms with Gasteiger partial charge in [0, 0.05) is 0 Å². The van der Waals surface area contributed by atoms with Crippen molar-refractivity contribution in [3.8, 4) is 11.5 Å². The number of nitrogens with one attached hydrogen (secondary N) is 1. The predicted molar refractivity (Wildman–Crippen MR) is 71.8 cm³/mol. The Kier molecular flexibility index (Phi) is 3.35. The Bertz CT molecular complexity index is 456. The summed E-state index contributed by atoms with van der Waals surface area (Å²) in [7, 11) is 0. The summed E-state index contributed by atoms with van der Waals surface area (Å²) in [6, 6.07) is 2.14. The van der Waals surface area contributed by atoms with Crippen LogP contribution in [0.3, 0.4) is 0 Å². The fourth-order valence-electron chi connectivity index (χ4n) is 2.92. The van der Waals surface area contributed by atoms with Gasteiger partial charge in [-0.1, -0.05) is 18.5 Å². The number of hydrogen-bond acceptors (Lipinski definition) is 3. The lowest BCUT2D eigenvalue weighted by Crippen LogP contribution is -2.27. The Morgan fingerprint density at radius 2 is 2.11 bits per heavy atom. The van der Waals surface area contributed by atoms with E-state index < -0.39 is 0 Å². The van der Waals surface area contributed by atoms with Gasteiger partial charge >= 0.3 is 0 Å². The molecule has 0 unspecified atom stereocenters. The molecule has 0 atom stereocenters. The zero-order valence-electron chi connectivity index (χ0n) is 10.6. The van der Waals surface area contributed by atoms with Crippen LogP contribution in [0.5, 0.6) is 11.5 Å². The summed E-state index contributed by atoms with van der Waals surface area (Å²) in [6.07, 6.45) is 3.28. The first-order valence-corrected chi connectivity index (χ1v) is 7.00. The SMILES string of the molecule is CCc1c(C2CCNCC2)cc2c(c1Cl)OCO2. The Morgan fingerprint density at radius 3 is 2.83 bits per heavy atom. The average molecular weight is 268 g/mol. The molecule has 2 heterocycles. The normalized spacial score (nSPS) is 19.2. The van der Waals surface area contributed by atoms with Crippen molar-refractivity contribution in [3.63, 3.8) is 0 Å². The maximum atomic E-state index is 6.46. The Hall–Kier alpha value is -0.930. The van der Waals surface area contributed by atoms with Crippen LogP contribution in [0.15, 0.2) is 6.07 Å². The fraction of sp³-hybridized carbons (Fsp3) is 0.571. The summed E-state index contributed by atoms with van der Waals surface area (Å²) < 4.78 is 10.9. The monoisotopic (exact) mass is 267 g/mol. The van der Waals surface area contributed by atoms with E-state index in [1.165, 1.54) is 24.0 Å². The largest absolute Gasteiger partial charge is 0.454 e. The maximum absolute atomic E-state index is 6.46. The Balaban J connectivity index is 2.04. The highest BCUT2D eigenvalue weighted by molar-refractivity contribution is 6.33. The van der Waals surface area contributed by atoms with E-state index in [1.807, 2.05) is 0 Å². The number of benzene rings is 1. The molecule has 3 nitrogen and oxygen atoms in total. The minimum atomic E-state index is 0.286. The van der Waals surface area contributed by atoms with Gasteiger partial charge in [-0.15, -0.1) is 0 Å². The van der Waals surface area contributed by atoms with Crippen molar-refractivity contribution in [1.29, 1.82) is 0 Å². The highest BCUT2D eigenvalue weighted by atomic mass is 35.5. The first-order chi connectivity index (χ1) is 8.81. The predicted octanol–water partition coefficient (Wildman–Crippen LogP) is 3.10. The second kappa shape index (κ2) is 4.98. The molecule has 0 amide bonds. The lowest BCUT2D eigenvalue weighted by atomic mass is 9.86. The van der Waals surface area contributed by atoms with E-state index in [4.69, 9.17) is 21.1 Å². The van der Waals surface area contributed by atoms with Gasteiger partial charge in [0.15, 0.2) is 11.5 Å². The number of fused-ring (bicyclic) bond motifs is 1. The van der Waals surface area contributed by atoms with Crippen molar-refractivity contribution < 1.29 is 9.47 Å². The Morgan fingerprint density at radius 1 is 1.33 bits per heavy atom. The molecule has 18 heavy (non-hydrogen) atoms. The topological polar surface area (TPSA) is 30.5 Å². The lowest BCUT2D eigenvalue weighted by molar-refractivity contribution is 0.174. The van der Waals surface area contributed by atoms with E-state index in [1.54, 1.807) is 0 Å². The van der Waals surface area contributed by atoms with Crippen molar-refractivity contribution >= 4 is 11.6 Å². The molecule has 3 rings (SSSR count). The summed E-state index contributed by atoms with van der Waals surface area (Å²) in [4.78, 5) is 0. The summed E-state index contributed by atoms with van der Waals surface area (Å²) in [6.45, 7) is 4.60. The number of rotatable bonds is 2. The molecule has 0 bridgehead atoms. The molecular formula is C14H18ClNO2. The molecule has 0 aromatic heterocycles. The van der Waals surface area contributed by atoms with Gasteiger partial charge in [0.1, 0.15) is 0 Å². The molecule has 0 aliphatic carbocycles. The van der Waals surface area contributed by atoms with E-state index in [-0.39, 0.29) is 6.79 Å². The summed E-state index contributed by atoms with van der Waals surface area (Å²) in [5.74, 6) is 2.13. The third-order valence-corrected chi connectivity index (χ3v) is 4.27. The molecule has 1 aromatic rings. The highest BCUT2D eigenvalue weighted by Crippen LogP contribution is 2.45. The average Bonchev–Trinajstić information content (AvgIpc) is 2.88. The van der Waals surface area contributed by atoms with Gasteiger partial charge in [-0.25, -0.2) is 0 Å². The molecule has 1 aromatic carbocycles. The third kappa shape index (κ3) is 1.95. The van der Waals surface area contributed by atoms with E-state index >= 15 is 0 Å². The van der Waals surface area contributed by atoms with Crippen LogP contribution in [0.2, 0.25) is 5.02 Å². The first kappa shape index (κ1) is 12.1. The smallest absolute Gasteiger partial charge is 0.231 e. The van der Waals surface area contributed by atoms with Crippen molar-refractivity contribution in [2.75, 3.05) is 19.9 Å². The maximum Gasteiger partial charge on any atom is 0.231 e. The lowest BCUT2D eigenvalue weighted by Gasteiger charge is -2.25. The van der Waals surface area contributed by atoms with Crippen LogP contribution >= 0.6 is 11.6 Å². The van der Waals surface area contributed by atoms with Crippen LogP contribution < -0.4 is 14.8 Å². The van der Waals surface area contributed by atoms with Crippen molar-refractivity contribution in [3.05, 3.63) is 22.2 Å². The highest BCUT2D eigenvalue weighted by Gasteiger charge is 2.26. The zero-order valence-corrected chi connectivity index (χ0v) is 11.3. The molecule has 1 fully saturated rings. The third-order valence-electron chi connectivity index (χ3n) is 3.87. The number of ether oxygens (including phenoxy) is 2. The Labute approximate surface area is 112 Å². The van der Waals surface area contributed by atoms with Crippen molar-refractivity contribution in [1.82, 2.24) is 5.32 Å². The molecular weight excluding hydrogens is 250 g/mol. The van der Waals surface area contributed by atoms with Gasteiger partial charge in [-0.3, -0.25) is 0 Å². The van der Waals surface area contributed by atoms with Crippen LogP contribution in [0.25, 0.3) is 0 Å². The molecule has 2 aliphatic rings. The van der Waals surface area contributed by atoms with E-state index in [0.29, 0.717) is 5.92 Å². The minimum absolute atomic E-state index is 0.286. The quantitative estimate of drug-likeness (QED) is 0.893. The van der Waals surface area contributed by atoms with Crippen LogP contribution in [-0.4, -0.2) is 19.9 Å². The molecule has 1 N–H and O–H groups in total. The van der Waals surface area contributed by atoms with E-state index in [9.17, 15) is 0 Å². The molecule has 1 saturated heterocycles. The molecule has 4 heteroatoms. The molecule has 98 valence electrons. The van der Waals surface area contributed by atoms with Crippen LogP contribution in [0, 0.1) is 0 Å². The second-order valence-electron chi connectivity index (χ2n) is 4.87. The molecule has 0 radical (unpaired) electrons. The van der Waals surface area contributed by atoms with Gasteiger partial charge in [0.05, 0.1) is 5.02 Å². The standard InChI is InChI=1S/C14H18ClNO2/c1-2-10-11(9-3-5-16-6-4-9)7-12-14(13(10)15)18-8-17-12/h7,9,16H,2-6,8H2,1H3. The van der Waals surface area contributed by atoms with Crippen molar-refractivity contribution in [2.24, 2.45) is 0 Å². The van der Waals surface area contributed by atoms with Crippen LogP contribution in [-0.2, 0) is 6.42 Å². The van der Waals surface area contributed by atoms with E-state index in [0.717, 1.165) is 36.0 Å². The van der Waals surface area contributed by atoms with Crippen molar-refractivity contribution in [2.45, 2.75) is 32.1 Å². The number of hydrogen-bond donors (Lipinski definition) is 1. The van der Waals surface area contributed by atoms with Gasteiger partial charge in [-0.05, 0) is 55.5 Å². The van der Waals surface area contributed by atoms with Gasteiger partial charge in [0.25, 0.3) is 0 Å². The second-order valence-corrected chi connectivity index (χ2v) is 5.25. The summed E-state index contributed by atoms with van der Waals surface area (Å²) in [5.41, 5.74) is 2.58. The molecule has 2 aliphatic heterocycles. The minimum Gasteiger partial charge on any atom is -0.454 e. The van der Waals surface area contributed by atoms with Gasteiger partial charge < -0.3 is 14.8 Å².